The van der Waals surface area contributed by atoms with Crippen LogP contribution in [0.4, 0.5) is 0 Å². The lowest BCUT2D eigenvalue weighted by Crippen LogP contribution is -2.59. The van der Waals surface area contributed by atoms with Gasteiger partial charge in [0.25, 0.3) is 0 Å². The van der Waals surface area contributed by atoms with Crippen LogP contribution in [0, 0.1) is 5.41 Å². The Morgan fingerprint density at radius 2 is 2.09 bits per heavy atom. The number of likely N-dealkylation sites (tertiary alicyclic amines) is 1. The van der Waals surface area contributed by atoms with E-state index >= 15 is 0 Å². The Kier molecular flexibility index (Phi) is 3.53. The molecular weight excluding hydrogens is 314 g/mol. The van der Waals surface area contributed by atoms with Gasteiger partial charge in [-0.3, -0.25) is 4.79 Å². The molecule has 1 aromatic heterocycles. The Balaban J connectivity index is 1.28. The summed E-state index contributed by atoms with van der Waals surface area (Å²) in [5.41, 5.74) is 1.10. The molecule has 2 aliphatic heterocycles. The zero-order chi connectivity index (χ0) is 16.1. The minimum absolute atomic E-state index is 0.0179. The number of rotatable bonds is 5. The predicted octanol–water partition coefficient (Wildman–Crippen LogP) is 0.974. The van der Waals surface area contributed by atoms with Gasteiger partial charge in [-0.15, -0.1) is 0 Å². The van der Waals surface area contributed by atoms with Crippen molar-refractivity contribution in [3.63, 3.8) is 0 Å². The summed E-state index contributed by atoms with van der Waals surface area (Å²) in [5.74, 6) is 0.175. The molecule has 0 atom stereocenters. The van der Waals surface area contributed by atoms with E-state index in [1.807, 2.05) is 23.2 Å². The topological polar surface area (TPSA) is 73.5 Å². The third kappa shape index (κ3) is 2.80. The predicted molar refractivity (Wildman–Crippen MR) is 86.3 cm³/mol. The Morgan fingerprint density at radius 3 is 2.74 bits per heavy atom. The number of H-pyrrole nitrogens is 1. The molecular formula is C16H23N3O3S. The van der Waals surface area contributed by atoms with Crippen LogP contribution in [0.5, 0.6) is 0 Å². The van der Waals surface area contributed by atoms with Gasteiger partial charge >= 0.3 is 0 Å². The summed E-state index contributed by atoms with van der Waals surface area (Å²) in [7, 11) is -3.06. The molecule has 126 valence electrons. The summed E-state index contributed by atoms with van der Waals surface area (Å²) >= 11 is 0. The van der Waals surface area contributed by atoms with Crippen molar-refractivity contribution in [1.82, 2.24) is 14.2 Å². The summed E-state index contributed by atoms with van der Waals surface area (Å²) in [4.78, 5) is 17.2. The number of carbonyl (C=O) groups is 1. The average Bonchev–Trinajstić information content (AvgIpc) is 3.05. The van der Waals surface area contributed by atoms with E-state index in [9.17, 15) is 13.2 Å². The first-order valence-corrected chi connectivity index (χ1v) is 9.88. The SMILES string of the molecule is O=C(CCc1ccc[nH]1)N1CC2(CCN(S(=O)(=O)C3CC3)C2)C1. The molecule has 3 heterocycles. The second-order valence-corrected chi connectivity index (χ2v) is 9.49. The van der Waals surface area contributed by atoms with Crippen LogP contribution in [-0.4, -0.2) is 59.9 Å². The molecule has 1 aromatic rings. The van der Waals surface area contributed by atoms with Gasteiger partial charge in [0.05, 0.1) is 5.25 Å². The number of hydrogen-bond acceptors (Lipinski definition) is 3. The molecule has 1 aliphatic carbocycles. The van der Waals surface area contributed by atoms with Crippen molar-refractivity contribution in [2.45, 2.75) is 37.4 Å². The van der Waals surface area contributed by atoms with Crippen LogP contribution in [0.15, 0.2) is 18.3 Å². The van der Waals surface area contributed by atoms with Gasteiger partial charge in [-0.1, -0.05) is 0 Å². The molecule has 3 aliphatic rings. The monoisotopic (exact) mass is 337 g/mol. The Hall–Kier alpha value is -1.34. The fourth-order valence-corrected chi connectivity index (χ4v) is 5.76. The van der Waals surface area contributed by atoms with Crippen LogP contribution >= 0.6 is 0 Å². The van der Waals surface area contributed by atoms with Crippen LogP contribution in [-0.2, 0) is 21.2 Å². The normalized spacial score (nSPS) is 24.1. The number of nitrogens with one attached hydrogen (secondary N) is 1. The standard InChI is InChI=1S/C16H23N3O3S/c20-15(6-3-13-2-1-8-17-13)18-10-16(11-18)7-9-19(12-16)23(21,22)14-4-5-14/h1-2,8,14,17H,3-7,9-12H2. The van der Waals surface area contributed by atoms with Crippen molar-refractivity contribution in [1.29, 1.82) is 0 Å². The second kappa shape index (κ2) is 5.34. The third-order valence-electron chi connectivity index (χ3n) is 5.38. The van der Waals surface area contributed by atoms with Crippen LogP contribution in [0.3, 0.4) is 0 Å². The fourth-order valence-electron chi connectivity index (χ4n) is 3.81. The fraction of sp³-hybridized carbons (Fsp3) is 0.688. The van der Waals surface area contributed by atoms with Crippen LogP contribution in [0.1, 0.15) is 31.4 Å². The van der Waals surface area contributed by atoms with E-state index in [0.29, 0.717) is 32.6 Å². The lowest BCUT2D eigenvalue weighted by Gasteiger charge is -2.48. The Bertz CT molecular complexity index is 688. The van der Waals surface area contributed by atoms with Gasteiger partial charge in [-0.25, -0.2) is 12.7 Å². The van der Waals surface area contributed by atoms with E-state index in [2.05, 4.69) is 4.98 Å². The van der Waals surface area contributed by atoms with Gasteiger partial charge < -0.3 is 9.88 Å². The van der Waals surface area contributed by atoms with E-state index in [1.54, 1.807) is 4.31 Å². The minimum Gasteiger partial charge on any atom is -0.365 e. The van der Waals surface area contributed by atoms with Crippen molar-refractivity contribution in [2.24, 2.45) is 5.41 Å². The highest BCUT2D eigenvalue weighted by atomic mass is 32.2. The summed E-state index contributed by atoms with van der Waals surface area (Å²) in [6, 6.07) is 3.92. The van der Waals surface area contributed by atoms with E-state index in [0.717, 1.165) is 31.4 Å². The van der Waals surface area contributed by atoms with E-state index in [1.165, 1.54) is 0 Å². The number of nitrogens with zero attached hydrogens (tertiary/aromatic N) is 2. The molecule has 7 heteroatoms. The van der Waals surface area contributed by atoms with Gasteiger partial charge in [0.1, 0.15) is 0 Å². The molecule has 1 amide bonds. The van der Waals surface area contributed by atoms with Crippen LogP contribution in [0.2, 0.25) is 0 Å². The highest BCUT2D eigenvalue weighted by Gasteiger charge is 2.53. The van der Waals surface area contributed by atoms with Crippen LogP contribution < -0.4 is 0 Å². The minimum atomic E-state index is -3.06. The highest BCUT2D eigenvalue weighted by Crippen LogP contribution is 2.43. The molecule has 0 unspecified atom stereocenters. The van der Waals surface area contributed by atoms with Gasteiger partial charge in [0.2, 0.25) is 15.9 Å². The number of sulfonamides is 1. The van der Waals surface area contributed by atoms with Crippen molar-refractivity contribution < 1.29 is 13.2 Å². The molecule has 23 heavy (non-hydrogen) atoms. The molecule has 1 saturated carbocycles. The number of aryl methyl sites for hydroxylation is 1. The second-order valence-electron chi connectivity index (χ2n) is 7.27. The summed E-state index contributed by atoms with van der Waals surface area (Å²) < 4.78 is 26.3. The van der Waals surface area contributed by atoms with Gasteiger partial charge in [0.15, 0.2) is 0 Å². The first-order chi connectivity index (χ1) is 11.0. The van der Waals surface area contributed by atoms with Crippen LogP contribution in [0.25, 0.3) is 0 Å². The molecule has 6 nitrogen and oxygen atoms in total. The first kappa shape index (κ1) is 15.2. The molecule has 2 saturated heterocycles. The number of amides is 1. The van der Waals surface area contributed by atoms with Crippen molar-refractivity contribution in [3.05, 3.63) is 24.0 Å². The van der Waals surface area contributed by atoms with E-state index in [-0.39, 0.29) is 16.6 Å². The lowest BCUT2D eigenvalue weighted by atomic mass is 9.79. The molecule has 3 fully saturated rings. The highest BCUT2D eigenvalue weighted by molar-refractivity contribution is 7.90. The molecule has 0 bridgehead atoms. The smallest absolute Gasteiger partial charge is 0.222 e. The third-order valence-corrected chi connectivity index (χ3v) is 7.73. The number of aromatic amines is 1. The molecule has 0 radical (unpaired) electrons. The van der Waals surface area contributed by atoms with Gasteiger partial charge in [0, 0.05) is 49.9 Å². The van der Waals surface area contributed by atoms with Gasteiger partial charge in [-0.2, -0.15) is 0 Å². The quantitative estimate of drug-likeness (QED) is 0.870. The number of aromatic nitrogens is 1. The van der Waals surface area contributed by atoms with Crippen molar-refractivity contribution in [2.75, 3.05) is 26.2 Å². The van der Waals surface area contributed by atoms with Gasteiger partial charge in [-0.05, 0) is 37.8 Å². The van der Waals surface area contributed by atoms with Crippen molar-refractivity contribution >= 4 is 15.9 Å². The maximum absolute atomic E-state index is 12.3. The first-order valence-electron chi connectivity index (χ1n) is 8.38. The summed E-state index contributed by atoms with van der Waals surface area (Å²) in [6.07, 6.45) is 5.63. The molecule has 1 spiro atoms. The van der Waals surface area contributed by atoms with E-state index < -0.39 is 10.0 Å². The zero-order valence-electron chi connectivity index (χ0n) is 13.2. The summed E-state index contributed by atoms with van der Waals surface area (Å²) in [6.45, 7) is 2.66. The van der Waals surface area contributed by atoms with Crippen molar-refractivity contribution in [3.8, 4) is 0 Å². The molecule has 0 aromatic carbocycles. The lowest BCUT2D eigenvalue weighted by molar-refractivity contribution is -0.142. The average molecular weight is 337 g/mol. The molecule has 4 rings (SSSR count). The molecule has 1 N–H and O–H groups in total. The number of hydrogen-bond donors (Lipinski definition) is 1. The number of carbonyl (C=O) groups excluding carboxylic acids is 1. The largest absolute Gasteiger partial charge is 0.365 e. The maximum Gasteiger partial charge on any atom is 0.222 e. The summed E-state index contributed by atoms with van der Waals surface area (Å²) in [5, 5.41) is -0.128. The Morgan fingerprint density at radius 1 is 1.30 bits per heavy atom. The maximum atomic E-state index is 12.3. The van der Waals surface area contributed by atoms with E-state index in [4.69, 9.17) is 0 Å². The zero-order valence-corrected chi connectivity index (χ0v) is 14.0. The Labute approximate surface area is 136 Å².